The second-order valence-electron chi connectivity index (χ2n) is 3.17. The van der Waals surface area contributed by atoms with Gasteiger partial charge in [0, 0.05) is 18.4 Å². The molecular formula is C11H12F2O. The standard InChI is InChI=1S/C11H12F2O/c1-2-4-8(14)7-9-10(12)5-3-6-11(9)13/h3,5-6H,2,4,7H2,1H3. The maximum atomic E-state index is 13.1. The molecule has 0 unspecified atom stereocenters. The van der Waals surface area contributed by atoms with Crippen molar-refractivity contribution in [3.05, 3.63) is 35.4 Å². The van der Waals surface area contributed by atoms with Gasteiger partial charge in [0.2, 0.25) is 0 Å². The van der Waals surface area contributed by atoms with Crippen LogP contribution in [0.15, 0.2) is 18.2 Å². The molecule has 1 nitrogen and oxygen atoms in total. The molecule has 0 amide bonds. The van der Waals surface area contributed by atoms with Crippen LogP contribution in [0.1, 0.15) is 25.3 Å². The first-order valence-corrected chi connectivity index (χ1v) is 4.59. The lowest BCUT2D eigenvalue weighted by Gasteiger charge is -2.02. The fraction of sp³-hybridized carbons (Fsp3) is 0.364. The van der Waals surface area contributed by atoms with Gasteiger partial charge in [-0.3, -0.25) is 4.79 Å². The van der Waals surface area contributed by atoms with Gasteiger partial charge in [-0.05, 0) is 18.6 Å². The van der Waals surface area contributed by atoms with Gasteiger partial charge in [0.25, 0.3) is 0 Å². The Balaban J connectivity index is 2.80. The number of halogens is 2. The van der Waals surface area contributed by atoms with E-state index in [4.69, 9.17) is 0 Å². The molecule has 0 aliphatic carbocycles. The fourth-order valence-electron chi connectivity index (χ4n) is 1.27. The second kappa shape index (κ2) is 4.84. The fourth-order valence-corrected chi connectivity index (χ4v) is 1.27. The lowest BCUT2D eigenvalue weighted by molar-refractivity contribution is -0.118. The predicted molar refractivity (Wildman–Crippen MR) is 50.0 cm³/mol. The molecule has 0 bridgehead atoms. The van der Waals surface area contributed by atoms with Crippen LogP contribution in [0.5, 0.6) is 0 Å². The maximum Gasteiger partial charge on any atom is 0.137 e. The van der Waals surface area contributed by atoms with E-state index in [-0.39, 0.29) is 17.8 Å². The van der Waals surface area contributed by atoms with Gasteiger partial charge in [0.1, 0.15) is 17.4 Å². The largest absolute Gasteiger partial charge is 0.299 e. The molecule has 0 aromatic heterocycles. The molecule has 1 aromatic carbocycles. The lowest BCUT2D eigenvalue weighted by atomic mass is 10.1. The maximum absolute atomic E-state index is 13.1. The zero-order valence-electron chi connectivity index (χ0n) is 8.02. The molecule has 0 N–H and O–H groups in total. The van der Waals surface area contributed by atoms with Crippen LogP contribution in [-0.4, -0.2) is 5.78 Å². The molecule has 0 spiro atoms. The zero-order valence-corrected chi connectivity index (χ0v) is 8.02. The van der Waals surface area contributed by atoms with Crippen molar-refractivity contribution in [1.29, 1.82) is 0 Å². The molecule has 0 radical (unpaired) electrons. The molecule has 1 aromatic rings. The number of benzene rings is 1. The van der Waals surface area contributed by atoms with E-state index < -0.39 is 11.6 Å². The number of carbonyl (C=O) groups excluding carboxylic acids is 1. The Hall–Kier alpha value is -1.25. The number of hydrogen-bond acceptors (Lipinski definition) is 1. The molecule has 0 saturated carbocycles. The number of hydrogen-bond donors (Lipinski definition) is 0. The van der Waals surface area contributed by atoms with Gasteiger partial charge in [-0.25, -0.2) is 8.78 Å². The molecule has 0 heterocycles. The van der Waals surface area contributed by atoms with Gasteiger partial charge >= 0.3 is 0 Å². The molecule has 0 fully saturated rings. The summed E-state index contributed by atoms with van der Waals surface area (Å²) in [5.74, 6) is -1.42. The highest BCUT2D eigenvalue weighted by Crippen LogP contribution is 2.13. The summed E-state index contributed by atoms with van der Waals surface area (Å²) in [4.78, 5) is 11.2. The molecule has 14 heavy (non-hydrogen) atoms. The van der Waals surface area contributed by atoms with Crippen molar-refractivity contribution in [2.24, 2.45) is 0 Å². The normalized spacial score (nSPS) is 10.2. The van der Waals surface area contributed by atoms with E-state index in [9.17, 15) is 13.6 Å². The first kappa shape index (κ1) is 10.8. The number of Topliss-reactive ketones (excluding diaryl/α,β-unsaturated/α-hetero) is 1. The third-order valence-corrected chi connectivity index (χ3v) is 1.96. The van der Waals surface area contributed by atoms with Crippen molar-refractivity contribution >= 4 is 5.78 Å². The summed E-state index contributed by atoms with van der Waals surface area (Å²) in [5, 5.41) is 0. The highest BCUT2D eigenvalue weighted by Gasteiger charge is 2.11. The van der Waals surface area contributed by atoms with E-state index in [0.717, 1.165) is 12.1 Å². The number of rotatable bonds is 4. The Bertz CT molecular complexity index is 314. The van der Waals surface area contributed by atoms with Crippen LogP contribution >= 0.6 is 0 Å². The van der Waals surface area contributed by atoms with E-state index in [0.29, 0.717) is 12.8 Å². The van der Waals surface area contributed by atoms with Crippen molar-refractivity contribution in [2.45, 2.75) is 26.2 Å². The Morgan fingerprint density at radius 3 is 2.36 bits per heavy atom. The highest BCUT2D eigenvalue weighted by atomic mass is 19.1. The molecule has 3 heteroatoms. The van der Waals surface area contributed by atoms with Crippen LogP contribution in [0, 0.1) is 11.6 Å². The van der Waals surface area contributed by atoms with E-state index in [2.05, 4.69) is 0 Å². The van der Waals surface area contributed by atoms with Crippen LogP contribution in [0.3, 0.4) is 0 Å². The highest BCUT2D eigenvalue weighted by molar-refractivity contribution is 5.80. The first-order valence-electron chi connectivity index (χ1n) is 4.59. The third kappa shape index (κ3) is 2.62. The van der Waals surface area contributed by atoms with E-state index >= 15 is 0 Å². The van der Waals surface area contributed by atoms with Gasteiger partial charge in [0.05, 0.1) is 0 Å². The summed E-state index contributed by atoms with van der Waals surface area (Å²) < 4.78 is 26.1. The van der Waals surface area contributed by atoms with Crippen molar-refractivity contribution in [3.8, 4) is 0 Å². The minimum absolute atomic E-state index is 0.119. The molecule has 0 saturated heterocycles. The monoisotopic (exact) mass is 198 g/mol. The number of ketones is 1. The topological polar surface area (TPSA) is 17.1 Å². The summed E-state index contributed by atoms with van der Waals surface area (Å²) in [6, 6.07) is 3.62. The summed E-state index contributed by atoms with van der Waals surface area (Å²) in [5.41, 5.74) is -0.119. The zero-order chi connectivity index (χ0) is 10.6. The van der Waals surface area contributed by atoms with Crippen LogP contribution in [0.2, 0.25) is 0 Å². The average molecular weight is 198 g/mol. The van der Waals surface area contributed by atoms with Crippen LogP contribution in [0.25, 0.3) is 0 Å². The van der Waals surface area contributed by atoms with Gasteiger partial charge in [-0.2, -0.15) is 0 Å². The van der Waals surface area contributed by atoms with Gasteiger partial charge in [0.15, 0.2) is 0 Å². The van der Waals surface area contributed by atoms with Crippen LogP contribution in [0.4, 0.5) is 8.78 Å². The van der Waals surface area contributed by atoms with E-state index in [1.165, 1.54) is 6.07 Å². The van der Waals surface area contributed by atoms with E-state index in [1.54, 1.807) is 0 Å². The van der Waals surface area contributed by atoms with Gasteiger partial charge in [-0.15, -0.1) is 0 Å². The SMILES string of the molecule is CCCC(=O)Cc1c(F)cccc1F. The Morgan fingerprint density at radius 2 is 1.86 bits per heavy atom. The van der Waals surface area contributed by atoms with Crippen LogP contribution in [-0.2, 0) is 11.2 Å². The molecule has 0 aliphatic heterocycles. The summed E-state index contributed by atoms with van der Waals surface area (Å²) >= 11 is 0. The minimum Gasteiger partial charge on any atom is -0.299 e. The summed E-state index contributed by atoms with van der Waals surface area (Å²) in [7, 11) is 0. The smallest absolute Gasteiger partial charge is 0.137 e. The summed E-state index contributed by atoms with van der Waals surface area (Å²) in [6.07, 6.45) is 0.926. The quantitative estimate of drug-likeness (QED) is 0.727. The van der Waals surface area contributed by atoms with Crippen molar-refractivity contribution in [1.82, 2.24) is 0 Å². The summed E-state index contributed by atoms with van der Waals surface area (Å²) in [6.45, 7) is 1.86. The van der Waals surface area contributed by atoms with Crippen molar-refractivity contribution in [3.63, 3.8) is 0 Å². The van der Waals surface area contributed by atoms with Gasteiger partial charge < -0.3 is 0 Å². The molecule has 0 atom stereocenters. The second-order valence-corrected chi connectivity index (χ2v) is 3.17. The van der Waals surface area contributed by atoms with Gasteiger partial charge in [-0.1, -0.05) is 13.0 Å². The molecule has 0 aliphatic rings. The third-order valence-electron chi connectivity index (χ3n) is 1.96. The van der Waals surface area contributed by atoms with Crippen molar-refractivity contribution < 1.29 is 13.6 Å². The van der Waals surface area contributed by atoms with Crippen molar-refractivity contribution in [2.75, 3.05) is 0 Å². The predicted octanol–water partition coefficient (Wildman–Crippen LogP) is 2.88. The Labute approximate surface area is 81.7 Å². The average Bonchev–Trinajstić information content (AvgIpc) is 2.12. The minimum atomic E-state index is -0.644. The van der Waals surface area contributed by atoms with Crippen LogP contribution < -0.4 is 0 Å². The molecule has 76 valence electrons. The first-order chi connectivity index (χ1) is 6.65. The van der Waals surface area contributed by atoms with E-state index in [1.807, 2.05) is 6.92 Å². The molecular weight excluding hydrogens is 186 g/mol. The lowest BCUT2D eigenvalue weighted by Crippen LogP contribution is -2.06. The number of carbonyl (C=O) groups is 1. The Morgan fingerprint density at radius 1 is 1.29 bits per heavy atom. The molecule has 1 rings (SSSR count). The Kier molecular flexibility index (Phi) is 3.74.